The Labute approximate surface area is 117 Å². The van der Waals surface area contributed by atoms with Crippen LogP contribution in [0.4, 0.5) is 0 Å². The fraction of sp³-hybridized carbons (Fsp3) is 0.357. The Morgan fingerprint density at radius 3 is 2.58 bits per heavy atom. The minimum absolute atomic E-state index is 0.0839. The highest BCUT2D eigenvalue weighted by molar-refractivity contribution is 8.13. The molecule has 0 saturated heterocycles. The summed E-state index contributed by atoms with van der Waals surface area (Å²) in [5.74, 6) is 0.842. The van der Waals surface area contributed by atoms with Crippen LogP contribution in [0.3, 0.4) is 0 Å². The van der Waals surface area contributed by atoms with Crippen molar-refractivity contribution in [2.75, 3.05) is 12.4 Å². The summed E-state index contributed by atoms with van der Waals surface area (Å²) in [6.07, 6.45) is -0.347. The van der Waals surface area contributed by atoms with E-state index in [4.69, 9.17) is 4.74 Å². The topological polar surface area (TPSA) is 66.8 Å². The van der Waals surface area contributed by atoms with Gasteiger partial charge in [-0.2, -0.15) is 0 Å². The van der Waals surface area contributed by atoms with Gasteiger partial charge in [-0.15, -0.1) is 0 Å². The first-order valence-corrected chi connectivity index (χ1v) is 6.86. The van der Waals surface area contributed by atoms with E-state index in [0.717, 1.165) is 11.8 Å². The molecule has 5 heteroatoms. The number of carbonyl (C=O) groups excluding carboxylic acids is 1. The lowest BCUT2D eigenvalue weighted by Gasteiger charge is -2.17. The van der Waals surface area contributed by atoms with Gasteiger partial charge in [0, 0.05) is 12.7 Å². The predicted molar refractivity (Wildman–Crippen MR) is 76.2 cm³/mol. The second-order valence-electron chi connectivity index (χ2n) is 3.98. The number of benzene rings is 1. The van der Waals surface area contributed by atoms with E-state index in [1.165, 1.54) is 6.92 Å². The van der Waals surface area contributed by atoms with Gasteiger partial charge >= 0.3 is 0 Å². The smallest absolute Gasteiger partial charge is 0.185 e. The average molecular weight is 282 g/mol. The van der Waals surface area contributed by atoms with Gasteiger partial charge in [0.15, 0.2) is 5.12 Å². The number of ether oxygens (including phenoxy) is 1. The van der Waals surface area contributed by atoms with Crippen LogP contribution in [0.2, 0.25) is 0 Å². The first-order valence-electron chi connectivity index (χ1n) is 5.87. The predicted octanol–water partition coefficient (Wildman–Crippen LogP) is 1.93. The van der Waals surface area contributed by atoms with E-state index >= 15 is 0 Å². The molecule has 2 atom stereocenters. The van der Waals surface area contributed by atoms with E-state index < -0.39 is 12.2 Å². The first kappa shape index (κ1) is 15.8. The van der Waals surface area contributed by atoms with Crippen LogP contribution in [-0.4, -0.2) is 33.8 Å². The van der Waals surface area contributed by atoms with Crippen molar-refractivity contribution in [2.45, 2.75) is 19.1 Å². The maximum atomic E-state index is 10.8. The van der Waals surface area contributed by atoms with Crippen LogP contribution >= 0.6 is 11.8 Å². The SMILES string of the molecule is C=CCOc1ccc(C(O)C(O)CSC(C)=O)cc1. The minimum atomic E-state index is -1.01. The molecule has 0 amide bonds. The van der Waals surface area contributed by atoms with Crippen molar-refractivity contribution in [3.8, 4) is 5.75 Å². The molecule has 0 aliphatic carbocycles. The molecule has 0 radical (unpaired) electrons. The maximum absolute atomic E-state index is 10.8. The summed E-state index contributed by atoms with van der Waals surface area (Å²) in [4.78, 5) is 10.8. The standard InChI is InChI=1S/C14H18O4S/c1-3-8-18-12-6-4-11(5-7-12)14(17)13(16)9-19-10(2)15/h3-7,13-14,16-17H,1,8-9H2,2H3. The third kappa shape index (κ3) is 5.46. The molecule has 1 rings (SSSR count). The van der Waals surface area contributed by atoms with Crippen LogP contribution < -0.4 is 4.74 Å². The normalized spacial score (nSPS) is 13.6. The monoisotopic (exact) mass is 282 g/mol. The van der Waals surface area contributed by atoms with Crippen LogP contribution in [0.25, 0.3) is 0 Å². The number of aliphatic hydroxyl groups excluding tert-OH is 2. The molecule has 1 aromatic carbocycles. The molecule has 2 unspecified atom stereocenters. The van der Waals surface area contributed by atoms with E-state index in [2.05, 4.69) is 6.58 Å². The second kappa shape index (κ2) is 7.99. The van der Waals surface area contributed by atoms with Gasteiger partial charge in [0.2, 0.25) is 0 Å². The van der Waals surface area contributed by atoms with Gasteiger partial charge in [-0.05, 0) is 17.7 Å². The number of hydrogen-bond acceptors (Lipinski definition) is 5. The maximum Gasteiger partial charge on any atom is 0.185 e. The van der Waals surface area contributed by atoms with Gasteiger partial charge in [-0.3, -0.25) is 4.79 Å². The zero-order valence-electron chi connectivity index (χ0n) is 10.8. The number of thioether (sulfide) groups is 1. The van der Waals surface area contributed by atoms with E-state index in [0.29, 0.717) is 17.9 Å². The number of aliphatic hydroxyl groups is 2. The molecular formula is C14H18O4S. The molecule has 0 bridgehead atoms. The van der Waals surface area contributed by atoms with E-state index in [-0.39, 0.29) is 10.9 Å². The quantitative estimate of drug-likeness (QED) is 0.748. The highest BCUT2D eigenvalue weighted by atomic mass is 32.2. The minimum Gasteiger partial charge on any atom is -0.490 e. The van der Waals surface area contributed by atoms with Crippen molar-refractivity contribution >= 4 is 16.9 Å². The van der Waals surface area contributed by atoms with Gasteiger partial charge in [-0.25, -0.2) is 0 Å². The third-order valence-corrected chi connectivity index (χ3v) is 3.33. The van der Waals surface area contributed by atoms with Gasteiger partial charge in [0.05, 0.1) is 6.10 Å². The van der Waals surface area contributed by atoms with Gasteiger partial charge in [-0.1, -0.05) is 36.5 Å². The summed E-state index contributed by atoms with van der Waals surface area (Å²) in [5.41, 5.74) is 0.586. The highest BCUT2D eigenvalue weighted by Gasteiger charge is 2.19. The lowest BCUT2D eigenvalue weighted by molar-refractivity contribution is -0.109. The van der Waals surface area contributed by atoms with E-state index in [1.807, 2.05) is 0 Å². The van der Waals surface area contributed by atoms with Crippen molar-refractivity contribution in [2.24, 2.45) is 0 Å². The molecule has 0 aliphatic heterocycles. The Balaban J connectivity index is 2.58. The summed E-state index contributed by atoms with van der Waals surface area (Å²) in [5, 5.41) is 19.6. The Bertz CT molecular complexity index is 416. The fourth-order valence-corrected chi connectivity index (χ4v) is 2.02. The molecule has 0 fully saturated rings. The molecule has 0 heterocycles. The van der Waals surface area contributed by atoms with Gasteiger partial charge in [0.1, 0.15) is 18.5 Å². The third-order valence-electron chi connectivity index (χ3n) is 2.41. The Hall–Kier alpha value is -1.30. The van der Waals surface area contributed by atoms with Gasteiger partial charge < -0.3 is 14.9 Å². The number of carbonyl (C=O) groups is 1. The zero-order chi connectivity index (χ0) is 14.3. The lowest BCUT2D eigenvalue weighted by Crippen LogP contribution is -2.21. The average Bonchev–Trinajstić information content (AvgIpc) is 2.42. The lowest BCUT2D eigenvalue weighted by atomic mass is 10.1. The summed E-state index contributed by atoms with van der Waals surface area (Å²) < 4.78 is 5.32. The molecular weight excluding hydrogens is 264 g/mol. The molecule has 104 valence electrons. The van der Waals surface area contributed by atoms with Crippen LogP contribution in [0.15, 0.2) is 36.9 Å². The molecule has 1 aromatic rings. The number of rotatable bonds is 7. The zero-order valence-corrected chi connectivity index (χ0v) is 11.6. The fourth-order valence-electron chi connectivity index (χ4n) is 1.43. The van der Waals surface area contributed by atoms with Crippen molar-refractivity contribution in [3.05, 3.63) is 42.5 Å². The number of hydrogen-bond donors (Lipinski definition) is 2. The van der Waals surface area contributed by atoms with Crippen molar-refractivity contribution in [1.82, 2.24) is 0 Å². The molecule has 0 spiro atoms. The van der Waals surface area contributed by atoms with Crippen LogP contribution in [0.5, 0.6) is 5.75 Å². The second-order valence-corrected chi connectivity index (χ2v) is 5.18. The summed E-state index contributed by atoms with van der Waals surface area (Å²) in [6, 6.07) is 6.80. The molecule has 2 N–H and O–H groups in total. The Morgan fingerprint density at radius 1 is 1.42 bits per heavy atom. The van der Waals surface area contributed by atoms with E-state index in [1.54, 1.807) is 30.3 Å². The van der Waals surface area contributed by atoms with Crippen LogP contribution in [0, 0.1) is 0 Å². The van der Waals surface area contributed by atoms with Crippen molar-refractivity contribution in [3.63, 3.8) is 0 Å². The molecule has 19 heavy (non-hydrogen) atoms. The van der Waals surface area contributed by atoms with Crippen molar-refractivity contribution in [1.29, 1.82) is 0 Å². The molecule has 0 aromatic heterocycles. The largest absolute Gasteiger partial charge is 0.490 e. The summed E-state index contributed by atoms with van der Waals surface area (Å²) in [6.45, 7) is 5.39. The van der Waals surface area contributed by atoms with E-state index in [9.17, 15) is 15.0 Å². The highest BCUT2D eigenvalue weighted by Crippen LogP contribution is 2.22. The molecule has 0 saturated carbocycles. The summed E-state index contributed by atoms with van der Waals surface area (Å²) in [7, 11) is 0. The first-order chi connectivity index (χ1) is 9.04. The molecule has 0 aliphatic rings. The molecule has 4 nitrogen and oxygen atoms in total. The van der Waals surface area contributed by atoms with Crippen molar-refractivity contribution < 1.29 is 19.7 Å². The van der Waals surface area contributed by atoms with Crippen LogP contribution in [0.1, 0.15) is 18.6 Å². The Morgan fingerprint density at radius 2 is 2.05 bits per heavy atom. The van der Waals surface area contributed by atoms with Gasteiger partial charge in [0.25, 0.3) is 0 Å². The summed E-state index contributed by atoms with van der Waals surface area (Å²) >= 11 is 0.992. The Kier molecular flexibility index (Phi) is 6.62. The van der Waals surface area contributed by atoms with Crippen LogP contribution in [-0.2, 0) is 4.79 Å².